The molecule has 1 amide bonds. The molecule has 9 heteroatoms. The number of carbonyl (C=O) groups is 1. The molecule has 4 rings (SSSR count). The summed E-state index contributed by atoms with van der Waals surface area (Å²) in [5.41, 5.74) is 2.40. The summed E-state index contributed by atoms with van der Waals surface area (Å²) in [6, 6.07) is 9.13. The van der Waals surface area contributed by atoms with E-state index in [1.165, 1.54) is 11.8 Å². The van der Waals surface area contributed by atoms with Crippen molar-refractivity contribution in [3.8, 4) is 11.5 Å². The number of nitrogens with zero attached hydrogens (tertiary/aromatic N) is 4. The van der Waals surface area contributed by atoms with Gasteiger partial charge in [-0.3, -0.25) is 9.78 Å². The molecule has 0 spiro atoms. The molecular weight excluding hydrogens is 398 g/mol. The Bertz CT molecular complexity index is 960. The summed E-state index contributed by atoms with van der Waals surface area (Å²) in [6.07, 6.45) is 5.57. The minimum atomic E-state index is -0.156. The summed E-state index contributed by atoms with van der Waals surface area (Å²) in [5, 5.41) is 11.9. The SMILES string of the molecule is O=C(CSc1nnc(-c2ccncc2)o1)Nc1cccc(Cl)c1N1CCCC1. The number of anilines is 2. The molecule has 1 saturated heterocycles. The van der Waals surface area contributed by atoms with Gasteiger partial charge in [-0.05, 0) is 37.1 Å². The Labute approximate surface area is 171 Å². The second kappa shape index (κ2) is 8.62. The van der Waals surface area contributed by atoms with Gasteiger partial charge in [-0.2, -0.15) is 0 Å². The first-order valence-electron chi connectivity index (χ1n) is 8.91. The van der Waals surface area contributed by atoms with Crippen molar-refractivity contribution < 1.29 is 9.21 Å². The van der Waals surface area contributed by atoms with Crippen molar-refractivity contribution in [2.24, 2.45) is 0 Å². The molecule has 0 bridgehead atoms. The van der Waals surface area contributed by atoms with Crippen LogP contribution in [0.15, 0.2) is 52.4 Å². The zero-order chi connectivity index (χ0) is 19.3. The maximum Gasteiger partial charge on any atom is 0.277 e. The Morgan fingerprint density at radius 3 is 2.75 bits per heavy atom. The van der Waals surface area contributed by atoms with Crippen molar-refractivity contribution >= 4 is 40.6 Å². The number of benzene rings is 1. The Balaban J connectivity index is 1.39. The van der Waals surface area contributed by atoms with E-state index >= 15 is 0 Å². The van der Waals surface area contributed by atoms with Crippen LogP contribution in [0.2, 0.25) is 5.02 Å². The van der Waals surface area contributed by atoms with E-state index in [1.807, 2.05) is 18.2 Å². The van der Waals surface area contributed by atoms with E-state index < -0.39 is 0 Å². The molecule has 0 radical (unpaired) electrons. The van der Waals surface area contributed by atoms with E-state index in [0.29, 0.717) is 16.1 Å². The standard InChI is InChI=1S/C19H18ClN5O2S/c20-14-4-3-5-15(17(14)25-10-1-2-11-25)22-16(26)12-28-19-24-23-18(27-19)13-6-8-21-9-7-13/h3-9H,1-2,10-12H2,(H,22,26). The van der Waals surface area contributed by atoms with Crippen LogP contribution in [0.3, 0.4) is 0 Å². The molecule has 1 N–H and O–H groups in total. The largest absolute Gasteiger partial charge is 0.411 e. The smallest absolute Gasteiger partial charge is 0.277 e. The van der Waals surface area contributed by atoms with Gasteiger partial charge in [-0.1, -0.05) is 29.4 Å². The molecule has 144 valence electrons. The van der Waals surface area contributed by atoms with Crippen molar-refractivity contribution in [1.29, 1.82) is 0 Å². The number of nitrogens with one attached hydrogen (secondary N) is 1. The minimum Gasteiger partial charge on any atom is -0.411 e. The van der Waals surface area contributed by atoms with Gasteiger partial charge in [0.2, 0.25) is 11.8 Å². The first-order valence-corrected chi connectivity index (χ1v) is 10.3. The number of rotatable bonds is 6. The number of amides is 1. The molecule has 0 atom stereocenters. The summed E-state index contributed by atoms with van der Waals surface area (Å²) in [4.78, 5) is 18.6. The van der Waals surface area contributed by atoms with Crippen molar-refractivity contribution in [3.63, 3.8) is 0 Å². The fraction of sp³-hybridized carbons (Fsp3) is 0.263. The third kappa shape index (κ3) is 4.28. The fourth-order valence-electron chi connectivity index (χ4n) is 3.07. The molecular formula is C19H18ClN5O2S. The first-order chi connectivity index (χ1) is 13.7. The Kier molecular flexibility index (Phi) is 5.78. The molecule has 0 aliphatic carbocycles. The number of aromatic nitrogens is 3. The van der Waals surface area contributed by atoms with Crippen molar-refractivity contribution in [1.82, 2.24) is 15.2 Å². The van der Waals surface area contributed by atoms with Gasteiger partial charge >= 0.3 is 0 Å². The predicted molar refractivity (Wildman–Crippen MR) is 110 cm³/mol. The van der Waals surface area contributed by atoms with E-state index in [1.54, 1.807) is 24.5 Å². The Morgan fingerprint density at radius 1 is 1.18 bits per heavy atom. The number of hydrogen-bond acceptors (Lipinski definition) is 7. The van der Waals surface area contributed by atoms with Crippen molar-refractivity contribution in [2.75, 3.05) is 29.1 Å². The minimum absolute atomic E-state index is 0.156. The number of halogens is 1. The van der Waals surface area contributed by atoms with Gasteiger partial charge in [0.25, 0.3) is 5.22 Å². The molecule has 1 aromatic carbocycles. The van der Waals surface area contributed by atoms with E-state index in [-0.39, 0.29) is 11.7 Å². The van der Waals surface area contributed by atoms with Gasteiger partial charge in [-0.25, -0.2) is 0 Å². The summed E-state index contributed by atoms with van der Waals surface area (Å²) in [5.74, 6) is 0.400. The zero-order valence-electron chi connectivity index (χ0n) is 15.0. The molecule has 3 heterocycles. The second-order valence-electron chi connectivity index (χ2n) is 6.28. The average molecular weight is 416 g/mol. The van der Waals surface area contributed by atoms with Crippen LogP contribution in [0.1, 0.15) is 12.8 Å². The lowest BCUT2D eigenvalue weighted by Gasteiger charge is -2.22. The van der Waals surface area contributed by atoms with Crippen LogP contribution in [0.25, 0.3) is 11.5 Å². The molecule has 3 aromatic rings. The highest BCUT2D eigenvalue weighted by Gasteiger charge is 2.20. The van der Waals surface area contributed by atoms with Gasteiger partial charge in [0.15, 0.2) is 0 Å². The number of para-hydroxylation sites is 1. The van der Waals surface area contributed by atoms with E-state index in [0.717, 1.165) is 42.9 Å². The van der Waals surface area contributed by atoms with Gasteiger partial charge in [-0.15, -0.1) is 10.2 Å². The van der Waals surface area contributed by atoms with Crippen LogP contribution in [0.4, 0.5) is 11.4 Å². The highest BCUT2D eigenvalue weighted by atomic mass is 35.5. The third-order valence-corrected chi connectivity index (χ3v) is 5.47. The molecule has 1 aliphatic rings. The average Bonchev–Trinajstić information content (AvgIpc) is 3.39. The lowest BCUT2D eigenvalue weighted by Crippen LogP contribution is -2.22. The van der Waals surface area contributed by atoms with Crippen LogP contribution in [0, 0.1) is 0 Å². The molecule has 0 unspecified atom stereocenters. The van der Waals surface area contributed by atoms with Gasteiger partial charge in [0.05, 0.1) is 22.2 Å². The summed E-state index contributed by atoms with van der Waals surface area (Å²) >= 11 is 7.58. The Morgan fingerprint density at radius 2 is 1.96 bits per heavy atom. The molecule has 28 heavy (non-hydrogen) atoms. The van der Waals surface area contributed by atoms with Crippen LogP contribution < -0.4 is 10.2 Å². The number of pyridine rings is 1. The van der Waals surface area contributed by atoms with E-state index in [4.69, 9.17) is 16.0 Å². The maximum absolute atomic E-state index is 12.4. The highest BCUT2D eigenvalue weighted by Crippen LogP contribution is 2.36. The maximum atomic E-state index is 12.4. The normalized spacial score (nSPS) is 13.7. The van der Waals surface area contributed by atoms with Crippen molar-refractivity contribution in [2.45, 2.75) is 18.1 Å². The predicted octanol–water partition coefficient (Wildman–Crippen LogP) is 4.12. The molecule has 7 nitrogen and oxygen atoms in total. The van der Waals surface area contributed by atoms with Crippen LogP contribution in [-0.4, -0.2) is 39.9 Å². The monoisotopic (exact) mass is 415 g/mol. The topological polar surface area (TPSA) is 84.1 Å². The van der Waals surface area contributed by atoms with Crippen LogP contribution in [0.5, 0.6) is 0 Å². The number of thioether (sulfide) groups is 1. The molecule has 0 saturated carbocycles. The van der Waals surface area contributed by atoms with Crippen LogP contribution >= 0.6 is 23.4 Å². The molecule has 2 aromatic heterocycles. The van der Waals surface area contributed by atoms with Gasteiger partial charge < -0.3 is 14.6 Å². The molecule has 1 aliphatic heterocycles. The van der Waals surface area contributed by atoms with Gasteiger partial charge in [0.1, 0.15) is 0 Å². The summed E-state index contributed by atoms with van der Waals surface area (Å²) in [7, 11) is 0. The zero-order valence-corrected chi connectivity index (χ0v) is 16.5. The fourth-order valence-corrected chi connectivity index (χ4v) is 3.93. The summed E-state index contributed by atoms with van der Waals surface area (Å²) in [6.45, 7) is 1.89. The van der Waals surface area contributed by atoms with E-state index in [2.05, 4.69) is 25.4 Å². The van der Waals surface area contributed by atoms with Gasteiger partial charge in [0, 0.05) is 31.0 Å². The highest BCUT2D eigenvalue weighted by molar-refractivity contribution is 7.99. The van der Waals surface area contributed by atoms with E-state index in [9.17, 15) is 4.79 Å². The third-order valence-electron chi connectivity index (χ3n) is 4.34. The Hall–Kier alpha value is -2.58. The van der Waals surface area contributed by atoms with Crippen molar-refractivity contribution in [3.05, 3.63) is 47.7 Å². The quantitative estimate of drug-likeness (QED) is 0.606. The lowest BCUT2D eigenvalue weighted by molar-refractivity contribution is -0.113. The number of hydrogen-bond donors (Lipinski definition) is 1. The lowest BCUT2D eigenvalue weighted by atomic mass is 10.2. The molecule has 1 fully saturated rings. The van der Waals surface area contributed by atoms with Crippen LogP contribution in [-0.2, 0) is 4.79 Å². The number of carbonyl (C=O) groups excluding carboxylic acids is 1. The second-order valence-corrected chi connectivity index (χ2v) is 7.61. The first kappa shape index (κ1) is 18.8. The summed E-state index contributed by atoms with van der Waals surface area (Å²) < 4.78 is 5.60.